The highest BCUT2D eigenvalue weighted by Crippen LogP contribution is 2.13. The summed E-state index contributed by atoms with van der Waals surface area (Å²) in [6.07, 6.45) is -0.858. The molecule has 0 aromatic heterocycles. The van der Waals surface area contributed by atoms with E-state index in [0.29, 0.717) is 6.54 Å². The molecule has 54 valence electrons. The third-order valence-electron chi connectivity index (χ3n) is 0.501. The van der Waals surface area contributed by atoms with E-state index in [4.69, 9.17) is 4.89 Å². The number of rotatable bonds is 2. The monoisotopic (exact) mass is 153 g/mol. The van der Waals surface area contributed by atoms with Crippen LogP contribution in [0.4, 0.5) is 4.79 Å². The summed E-state index contributed by atoms with van der Waals surface area (Å²) in [5, 5.41) is 2.18. The predicted octanol–water partition coefficient (Wildman–Crippen LogP) is 0.115. The lowest BCUT2D eigenvalue weighted by molar-refractivity contribution is 0.198. The first-order chi connectivity index (χ1) is 4.16. The van der Waals surface area contributed by atoms with E-state index in [1.807, 2.05) is 0 Å². The van der Waals surface area contributed by atoms with Crippen LogP contribution >= 0.6 is 8.25 Å². The average Bonchev–Trinajstić information content (AvgIpc) is 1.63. The van der Waals surface area contributed by atoms with Gasteiger partial charge in [0.15, 0.2) is 0 Å². The van der Waals surface area contributed by atoms with Gasteiger partial charge in [0.2, 0.25) is 0 Å². The fraction of sp³-hybridized carbons (Fsp3) is 0.667. The minimum Gasteiger partial charge on any atom is -0.377 e. The molecule has 6 heteroatoms. The first-order valence-electron chi connectivity index (χ1n) is 2.35. The smallest absolute Gasteiger partial charge is 0.377 e. The molecule has 9 heavy (non-hydrogen) atoms. The second kappa shape index (κ2) is 4.35. The maximum absolute atomic E-state index is 10.2. The molecule has 0 aliphatic carbocycles. The first-order valence-corrected chi connectivity index (χ1v) is 3.61. The molecule has 2 N–H and O–H groups in total. The van der Waals surface area contributed by atoms with Gasteiger partial charge in [-0.2, -0.15) is 0 Å². The van der Waals surface area contributed by atoms with Crippen LogP contribution in [-0.2, 0) is 9.09 Å². The van der Waals surface area contributed by atoms with E-state index in [-0.39, 0.29) is 0 Å². The fourth-order valence-electron chi connectivity index (χ4n) is 0.260. The second-order valence-electron chi connectivity index (χ2n) is 1.19. The molecule has 0 spiro atoms. The van der Waals surface area contributed by atoms with Crippen LogP contribution in [0.1, 0.15) is 6.92 Å². The van der Waals surface area contributed by atoms with Crippen LogP contribution in [0.15, 0.2) is 0 Å². The summed E-state index contributed by atoms with van der Waals surface area (Å²) >= 11 is 0. The van der Waals surface area contributed by atoms with Crippen molar-refractivity contribution in [3.05, 3.63) is 0 Å². The lowest BCUT2D eigenvalue weighted by Crippen LogP contribution is -2.21. The summed E-state index contributed by atoms with van der Waals surface area (Å²) in [6.45, 7) is 2.06. The molecule has 0 aromatic rings. The SMILES string of the molecule is CCNC(=O)O[PH](=O)O. The fourth-order valence-corrected chi connectivity index (χ4v) is 0.490. The molecular formula is C3H8NO4P. The van der Waals surface area contributed by atoms with Gasteiger partial charge in [0, 0.05) is 6.54 Å². The Morgan fingerprint density at radius 2 is 2.44 bits per heavy atom. The zero-order valence-corrected chi connectivity index (χ0v) is 5.88. The highest BCUT2D eigenvalue weighted by molar-refractivity contribution is 7.32. The molecule has 0 fully saturated rings. The highest BCUT2D eigenvalue weighted by Gasteiger charge is 2.00. The Labute approximate surface area is 53.0 Å². The van der Waals surface area contributed by atoms with Crippen LogP contribution in [0.5, 0.6) is 0 Å². The van der Waals surface area contributed by atoms with Crippen molar-refractivity contribution in [3.8, 4) is 0 Å². The topological polar surface area (TPSA) is 75.6 Å². The normalized spacial score (nSPS) is 12.2. The Morgan fingerprint density at radius 1 is 1.89 bits per heavy atom. The van der Waals surface area contributed by atoms with Gasteiger partial charge in [0.05, 0.1) is 0 Å². The molecule has 0 saturated heterocycles. The van der Waals surface area contributed by atoms with Crippen molar-refractivity contribution in [2.24, 2.45) is 0 Å². The molecule has 0 aromatic carbocycles. The quantitative estimate of drug-likeness (QED) is 0.552. The van der Waals surface area contributed by atoms with E-state index >= 15 is 0 Å². The van der Waals surface area contributed by atoms with Crippen LogP contribution in [0.3, 0.4) is 0 Å². The molecule has 1 unspecified atom stereocenters. The van der Waals surface area contributed by atoms with Gasteiger partial charge in [-0.1, -0.05) is 0 Å². The molecule has 0 heterocycles. The molecule has 0 aliphatic rings. The zero-order valence-electron chi connectivity index (χ0n) is 4.88. The summed E-state index contributed by atoms with van der Waals surface area (Å²) < 4.78 is 13.6. The summed E-state index contributed by atoms with van der Waals surface area (Å²) in [4.78, 5) is 18.2. The lowest BCUT2D eigenvalue weighted by Gasteiger charge is -1.98. The van der Waals surface area contributed by atoms with E-state index in [2.05, 4.69) is 9.84 Å². The summed E-state index contributed by atoms with van der Waals surface area (Å²) in [5.41, 5.74) is 0. The zero-order chi connectivity index (χ0) is 7.28. The minimum atomic E-state index is -3.12. The Morgan fingerprint density at radius 3 is 2.78 bits per heavy atom. The summed E-state index contributed by atoms with van der Waals surface area (Å²) in [7, 11) is -3.12. The molecular weight excluding hydrogens is 145 g/mol. The highest BCUT2D eigenvalue weighted by atomic mass is 31.1. The van der Waals surface area contributed by atoms with Crippen molar-refractivity contribution in [3.63, 3.8) is 0 Å². The average molecular weight is 153 g/mol. The van der Waals surface area contributed by atoms with E-state index in [1.54, 1.807) is 6.92 Å². The van der Waals surface area contributed by atoms with Crippen LogP contribution in [0, 0.1) is 0 Å². The number of nitrogens with one attached hydrogen (secondary N) is 1. The standard InChI is InChI=1S/C3H8NO4P/c1-2-4-3(5)8-9(6)7/h9H,2H2,1H3,(H,4,5)(H,6,7). The largest absolute Gasteiger partial charge is 0.413 e. The maximum atomic E-state index is 10.2. The van der Waals surface area contributed by atoms with Crippen molar-refractivity contribution in [1.29, 1.82) is 0 Å². The number of carbonyl (C=O) groups excluding carboxylic acids is 1. The van der Waals surface area contributed by atoms with Crippen LogP contribution < -0.4 is 5.32 Å². The van der Waals surface area contributed by atoms with Crippen LogP contribution in [-0.4, -0.2) is 17.5 Å². The Balaban J connectivity index is 3.39. The first kappa shape index (κ1) is 8.46. The molecule has 0 radical (unpaired) electrons. The lowest BCUT2D eigenvalue weighted by atomic mass is 10.8. The molecule has 0 saturated carbocycles. The molecule has 0 aliphatic heterocycles. The van der Waals surface area contributed by atoms with Gasteiger partial charge in [0.1, 0.15) is 0 Å². The van der Waals surface area contributed by atoms with Gasteiger partial charge in [-0.05, 0) is 6.92 Å². The van der Waals surface area contributed by atoms with Gasteiger partial charge in [-0.15, -0.1) is 0 Å². The summed E-state index contributed by atoms with van der Waals surface area (Å²) in [5.74, 6) is 0. The third kappa shape index (κ3) is 5.33. The molecule has 0 bridgehead atoms. The van der Waals surface area contributed by atoms with Crippen LogP contribution in [0.2, 0.25) is 0 Å². The second-order valence-corrected chi connectivity index (χ2v) is 1.92. The Hall–Kier alpha value is -0.540. The van der Waals surface area contributed by atoms with Gasteiger partial charge in [0.25, 0.3) is 0 Å². The van der Waals surface area contributed by atoms with Crippen molar-refractivity contribution >= 4 is 14.3 Å². The number of hydrogen-bond acceptors (Lipinski definition) is 3. The number of amides is 1. The van der Waals surface area contributed by atoms with Crippen LogP contribution in [0.25, 0.3) is 0 Å². The molecule has 0 rings (SSSR count). The van der Waals surface area contributed by atoms with Crippen molar-refractivity contribution < 1.29 is 18.8 Å². The Bertz CT molecular complexity index is 125. The summed E-state index contributed by atoms with van der Waals surface area (Å²) in [6, 6.07) is 0. The van der Waals surface area contributed by atoms with Gasteiger partial charge < -0.3 is 14.7 Å². The van der Waals surface area contributed by atoms with E-state index in [9.17, 15) is 9.36 Å². The van der Waals surface area contributed by atoms with Gasteiger partial charge in [-0.25, -0.2) is 9.36 Å². The van der Waals surface area contributed by atoms with Gasteiger partial charge in [-0.3, -0.25) is 0 Å². The molecule has 1 amide bonds. The molecule has 5 nitrogen and oxygen atoms in total. The predicted molar refractivity (Wildman–Crippen MR) is 31.4 cm³/mol. The van der Waals surface area contributed by atoms with Crippen molar-refractivity contribution in [2.75, 3.05) is 6.54 Å². The number of carbonyl (C=O) groups is 1. The van der Waals surface area contributed by atoms with E-state index < -0.39 is 14.3 Å². The van der Waals surface area contributed by atoms with Crippen molar-refractivity contribution in [2.45, 2.75) is 6.92 Å². The number of hydrogen-bond donors (Lipinski definition) is 2. The minimum absolute atomic E-state index is 0.383. The van der Waals surface area contributed by atoms with Crippen molar-refractivity contribution in [1.82, 2.24) is 5.32 Å². The van der Waals surface area contributed by atoms with Gasteiger partial charge >= 0.3 is 14.3 Å². The van der Waals surface area contributed by atoms with E-state index in [1.165, 1.54) is 0 Å². The molecule has 1 atom stereocenters. The third-order valence-corrected chi connectivity index (χ3v) is 0.861. The maximum Gasteiger partial charge on any atom is 0.413 e. The van der Waals surface area contributed by atoms with E-state index in [0.717, 1.165) is 0 Å². The Kier molecular flexibility index (Phi) is 4.09.